The summed E-state index contributed by atoms with van der Waals surface area (Å²) >= 11 is 0. The number of rotatable bonds is 4. The highest BCUT2D eigenvalue weighted by atomic mass is 15.2. The number of nitrogens with one attached hydrogen (secondary N) is 1. The molecule has 0 amide bonds. The molecule has 0 atom stereocenters. The van der Waals surface area contributed by atoms with E-state index in [1.807, 2.05) is 0 Å². The number of benzene rings is 1. The molecule has 0 radical (unpaired) electrons. The minimum Gasteiger partial charge on any atom is -0.378 e. The Morgan fingerprint density at radius 2 is 1.76 bits per heavy atom. The average Bonchev–Trinajstić information content (AvgIpc) is 2.38. The average molecular weight is 233 g/mol. The number of hydrogen-bond donors (Lipinski definition) is 1. The lowest BCUT2D eigenvalue weighted by Gasteiger charge is -2.27. The molecule has 1 fully saturated rings. The Bertz CT molecular complexity index is 326. The van der Waals surface area contributed by atoms with E-state index in [-0.39, 0.29) is 0 Å². The SMILES string of the molecule is CN(C)c1ccc(CCN2CCNCC2)cc1. The molecule has 0 bridgehead atoms. The van der Waals surface area contributed by atoms with Gasteiger partial charge in [0, 0.05) is 52.5 Å². The molecule has 0 spiro atoms. The van der Waals surface area contributed by atoms with Gasteiger partial charge < -0.3 is 15.1 Å². The van der Waals surface area contributed by atoms with Gasteiger partial charge in [0.1, 0.15) is 0 Å². The van der Waals surface area contributed by atoms with E-state index in [0.29, 0.717) is 0 Å². The summed E-state index contributed by atoms with van der Waals surface area (Å²) < 4.78 is 0. The minimum absolute atomic E-state index is 1.14. The van der Waals surface area contributed by atoms with Crippen molar-refractivity contribution in [2.75, 3.05) is 51.7 Å². The predicted octanol–water partition coefficient (Wildman–Crippen LogP) is 1.20. The highest BCUT2D eigenvalue weighted by molar-refractivity contribution is 5.46. The topological polar surface area (TPSA) is 18.5 Å². The summed E-state index contributed by atoms with van der Waals surface area (Å²) in [5, 5.41) is 3.39. The van der Waals surface area contributed by atoms with Crippen LogP contribution in [0.3, 0.4) is 0 Å². The molecular formula is C14H23N3. The fourth-order valence-electron chi connectivity index (χ4n) is 2.18. The molecule has 0 unspecified atom stereocenters. The molecule has 3 nitrogen and oxygen atoms in total. The molecule has 1 N–H and O–H groups in total. The molecule has 1 aromatic carbocycles. The van der Waals surface area contributed by atoms with E-state index in [2.05, 4.69) is 53.5 Å². The van der Waals surface area contributed by atoms with Crippen LogP contribution >= 0.6 is 0 Å². The van der Waals surface area contributed by atoms with Gasteiger partial charge in [0.05, 0.1) is 0 Å². The normalized spacial score (nSPS) is 17.1. The minimum atomic E-state index is 1.14. The molecule has 1 aliphatic rings. The first-order valence-electron chi connectivity index (χ1n) is 6.45. The van der Waals surface area contributed by atoms with E-state index in [9.17, 15) is 0 Å². The molecule has 0 aliphatic carbocycles. The van der Waals surface area contributed by atoms with Crippen molar-refractivity contribution in [3.05, 3.63) is 29.8 Å². The Kier molecular flexibility index (Phi) is 4.40. The monoisotopic (exact) mass is 233 g/mol. The molecule has 0 saturated carbocycles. The van der Waals surface area contributed by atoms with Crippen LogP contribution in [0.15, 0.2) is 24.3 Å². The first-order chi connectivity index (χ1) is 8.25. The Morgan fingerprint density at radius 3 is 2.35 bits per heavy atom. The van der Waals surface area contributed by atoms with E-state index in [1.54, 1.807) is 0 Å². The highest BCUT2D eigenvalue weighted by Crippen LogP contribution is 2.12. The van der Waals surface area contributed by atoms with Crippen LogP contribution in [0.25, 0.3) is 0 Å². The van der Waals surface area contributed by atoms with Gasteiger partial charge in [-0.2, -0.15) is 0 Å². The van der Waals surface area contributed by atoms with Crippen LogP contribution in [0, 0.1) is 0 Å². The van der Waals surface area contributed by atoms with Crippen molar-refractivity contribution in [3.8, 4) is 0 Å². The largest absolute Gasteiger partial charge is 0.378 e. The summed E-state index contributed by atoms with van der Waals surface area (Å²) in [6.07, 6.45) is 1.16. The number of anilines is 1. The summed E-state index contributed by atoms with van der Waals surface area (Å²) in [6.45, 7) is 5.84. The van der Waals surface area contributed by atoms with Crippen molar-refractivity contribution in [2.24, 2.45) is 0 Å². The summed E-state index contributed by atoms with van der Waals surface area (Å²) in [5.41, 5.74) is 2.71. The van der Waals surface area contributed by atoms with E-state index < -0.39 is 0 Å². The van der Waals surface area contributed by atoms with Crippen molar-refractivity contribution < 1.29 is 0 Å². The maximum atomic E-state index is 3.39. The van der Waals surface area contributed by atoms with Crippen LogP contribution < -0.4 is 10.2 Å². The zero-order valence-corrected chi connectivity index (χ0v) is 10.9. The Labute approximate surface area is 104 Å². The van der Waals surface area contributed by atoms with Crippen LogP contribution in [0.2, 0.25) is 0 Å². The molecule has 1 aromatic rings. The van der Waals surface area contributed by atoms with Gasteiger partial charge in [-0.15, -0.1) is 0 Å². The second-order valence-electron chi connectivity index (χ2n) is 4.90. The molecule has 1 aliphatic heterocycles. The molecular weight excluding hydrogens is 210 g/mol. The summed E-state index contributed by atoms with van der Waals surface area (Å²) in [4.78, 5) is 4.68. The molecule has 1 saturated heterocycles. The van der Waals surface area contributed by atoms with Gasteiger partial charge in [0.15, 0.2) is 0 Å². The van der Waals surface area contributed by atoms with Gasteiger partial charge in [-0.25, -0.2) is 0 Å². The summed E-state index contributed by atoms with van der Waals surface area (Å²) in [6, 6.07) is 8.90. The third-order valence-electron chi connectivity index (χ3n) is 3.38. The first-order valence-corrected chi connectivity index (χ1v) is 6.45. The van der Waals surface area contributed by atoms with E-state index in [4.69, 9.17) is 0 Å². The van der Waals surface area contributed by atoms with Gasteiger partial charge in [-0.3, -0.25) is 0 Å². The molecule has 3 heteroatoms. The van der Waals surface area contributed by atoms with E-state index >= 15 is 0 Å². The lowest BCUT2D eigenvalue weighted by atomic mass is 10.1. The number of hydrogen-bond acceptors (Lipinski definition) is 3. The molecule has 17 heavy (non-hydrogen) atoms. The van der Waals surface area contributed by atoms with Gasteiger partial charge >= 0.3 is 0 Å². The Hall–Kier alpha value is -1.06. The van der Waals surface area contributed by atoms with Crippen molar-refractivity contribution in [1.82, 2.24) is 10.2 Å². The molecule has 0 aromatic heterocycles. The van der Waals surface area contributed by atoms with Crippen LogP contribution in [0.1, 0.15) is 5.56 Å². The second-order valence-corrected chi connectivity index (χ2v) is 4.90. The Balaban J connectivity index is 1.82. The standard InChI is InChI=1S/C14H23N3/c1-16(2)14-5-3-13(4-6-14)7-10-17-11-8-15-9-12-17/h3-6,15H,7-12H2,1-2H3. The molecule has 94 valence electrons. The Morgan fingerprint density at radius 1 is 1.12 bits per heavy atom. The van der Waals surface area contributed by atoms with Crippen molar-refractivity contribution in [3.63, 3.8) is 0 Å². The summed E-state index contributed by atoms with van der Waals surface area (Å²) in [7, 11) is 4.16. The van der Waals surface area contributed by atoms with Crippen LogP contribution in [0.5, 0.6) is 0 Å². The van der Waals surface area contributed by atoms with Gasteiger partial charge in [-0.05, 0) is 24.1 Å². The van der Waals surface area contributed by atoms with Crippen LogP contribution in [-0.2, 0) is 6.42 Å². The van der Waals surface area contributed by atoms with Crippen molar-refractivity contribution >= 4 is 5.69 Å². The van der Waals surface area contributed by atoms with Crippen LogP contribution in [-0.4, -0.2) is 51.7 Å². The third-order valence-corrected chi connectivity index (χ3v) is 3.38. The van der Waals surface area contributed by atoms with E-state index in [0.717, 1.165) is 19.5 Å². The lowest BCUT2D eigenvalue weighted by molar-refractivity contribution is 0.244. The van der Waals surface area contributed by atoms with Gasteiger partial charge in [0.25, 0.3) is 0 Å². The first kappa shape index (κ1) is 12.4. The van der Waals surface area contributed by atoms with Crippen molar-refractivity contribution in [1.29, 1.82) is 0 Å². The van der Waals surface area contributed by atoms with Crippen LogP contribution in [0.4, 0.5) is 5.69 Å². The maximum Gasteiger partial charge on any atom is 0.0361 e. The van der Waals surface area contributed by atoms with E-state index in [1.165, 1.54) is 30.9 Å². The predicted molar refractivity (Wildman–Crippen MR) is 73.8 cm³/mol. The maximum absolute atomic E-state index is 3.39. The number of nitrogens with zero attached hydrogens (tertiary/aromatic N) is 2. The van der Waals surface area contributed by atoms with Gasteiger partial charge in [0.2, 0.25) is 0 Å². The summed E-state index contributed by atoms with van der Waals surface area (Å²) in [5.74, 6) is 0. The third kappa shape index (κ3) is 3.72. The zero-order chi connectivity index (χ0) is 12.1. The molecule has 1 heterocycles. The second kappa shape index (κ2) is 6.03. The fraction of sp³-hybridized carbons (Fsp3) is 0.571. The lowest BCUT2D eigenvalue weighted by Crippen LogP contribution is -2.44. The quantitative estimate of drug-likeness (QED) is 0.843. The van der Waals surface area contributed by atoms with Gasteiger partial charge in [-0.1, -0.05) is 12.1 Å². The highest BCUT2D eigenvalue weighted by Gasteiger charge is 2.08. The van der Waals surface area contributed by atoms with Crippen molar-refractivity contribution in [2.45, 2.75) is 6.42 Å². The fourth-order valence-corrected chi connectivity index (χ4v) is 2.18. The number of piperazine rings is 1. The zero-order valence-electron chi connectivity index (χ0n) is 10.9. The smallest absolute Gasteiger partial charge is 0.0361 e. The molecule has 2 rings (SSSR count).